The van der Waals surface area contributed by atoms with Crippen molar-refractivity contribution in [1.29, 1.82) is 0 Å². The second-order valence-corrected chi connectivity index (χ2v) is 2.15. The molecule has 0 atom stereocenters. The molecule has 0 unspecified atom stereocenters. The number of hydrogen-bond donors (Lipinski definition) is 0. The van der Waals surface area contributed by atoms with Gasteiger partial charge in [-0.25, -0.2) is 0 Å². The lowest BCUT2D eigenvalue weighted by Crippen LogP contribution is -1.95. The second kappa shape index (κ2) is 2.62. The van der Waals surface area contributed by atoms with E-state index in [1.807, 2.05) is 0 Å². The molecule has 9 heavy (non-hydrogen) atoms. The van der Waals surface area contributed by atoms with E-state index in [0.29, 0.717) is 17.2 Å². The van der Waals surface area contributed by atoms with Crippen molar-refractivity contribution in [1.82, 2.24) is 0 Å². The molecule has 0 bridgehead atoms. The molecule has 0 amide bonds. The molecule has 0 fully saturated rings. The highest BCUT2D eigenvalue weighted by atomic mass is 35.5. The van der Waals surface area contributed by atoms with E-state index in [-0.39, 0.29) is 0 Å². The van der Waals surface area contributed by atoms with Gasteiger partial charge in [-0.1, -0.05) is 17.7 Å². The van der Waals surface area contributed by atoms with Crippen LogP contribution in [0.1, 0.15) is 6.42 Å². The molecule has 2 nitrogen and oxygen atoms in total. The van der Waals surface area contributed by atoms with Crippen LogP contribution in [0.4, 0.5) is 0 Å². The number of rotatable bonds is 0. The first-order valence-corrected chi connectivity index (χ1v) is 2.95. The Bertz CT molecular complexity index is 221. The molecular weight excluding hydrogens is 136 g/mol. The number of nitrogens with zero attached hydrogens (tertiary/aromatic N) is 2. The maximum atomic E-state index is 8.24. The van der Waals surface area contributed by atoms with Crippen molar-refractivity contribution in [3.05, 3.63) is 28.8 Å². The van der Waals surface area contributed by atoms with Crippen LogP contribution in [-0.2, 0) is 0 Å². The number of halogens is 1. The molecule has 0 aromatic carbocycles. The van der Waals surface area contributed by atoms with Gasteiger partial charge in [0, 0.05) is 11.1 Å². The summed E-state index contributed by atoms with van der Waals surface area (Å²) in [5, 5.41) is 0.697. The summed E-state index contributed by atoms with van der Waals surface area (Å²) in [6.07, 6.45) is 5.78. The molecule has 0 aromatic rings. The van der Waals surface area contributed by atoms with E-state index in [1.54, 1.807) is 18.2 Å². The van der Waals surface area contributed by atoms with Gasteiger partial charge in [-0.2, -0.15) is 4.79 Å². The van der Waals surface area contributed by atoms with Gasteiger partial charge in [0.25, 0.3) is 5.71 Å². The van der Waals surface area contributed by atoms with Crippen LogP contribution in [-0.4, -0.2) is 10.5 Å². The fourth-order valence-corrected chi connectivity index (χ4v) is 0.728. The van der Waals surface area contributed by atoms with Crippen LogP contribution in [0, 0.1) is 0 Å². The normalized spacial score (nSPS) is 17.0. The second-order valence-electron chi connectivity index (χ2n) is 1.72. The fraction of sp³-hybridized carbons (Fsp3) is 0.167. The van der Waals surface area contributed by atoms with Gasteiger partial charge < -0.3 is 5.53 Å². The zero-order chi connectivity index (χ0) is 6.69. The summed E-state index contributed by atoms with van der Waals surface area (Å²) in [7, 11) is 0. The summed E-state index contributed by atoms with van der Waals surface area (Å²) in [6.45, 7) is 0. The van der Waals surface area contributed by atoms with Crippen LogP contribution in [0.5, 0.6) is 0 Å². The molecular formula is C6H5ClN2. The maximum absolute atomic E-state index is 8.24. The number of hydrogen-bond acceptors (Lipinski definition) is 0. The Hall–Kier alpha value is -0.850. The third kappa shape index (κ3) is 1.53. The first-order valence-electron chi connectivity index (χ1n) is 2.57. The van der Waals surface area contributed by atoms with Crippen molar-refractivity contribution in [3.8, 4) is 0 Å². The van der Waals surface area contributed by atoms with Crippen molar-refractivity contribution < 1.29 is 4.79 Å². The van der Waals surface area contributed by atoms with Gasteiger partial charge in [0.1, 0.15) is 0 Å². The zero-order valence-electron chi connectivity index (χ0n) is 4.71. The molecule has 1 aliphatic rings. The van der Waals surface area contributed by atoms with E-state index in [2.05, 4.69) is 4.79 Å². The minimum absolute atomic E-state index is 0.617. The lowest BCUT2D eigenvalue weighted by Gasteiger charge is -1.91. The fourth-order valence-electron chi connectivity index (χ4n) is 0.588. The predicted octanol–water partition coefficient (Wildman–Crippen LogP) is 1.74. The van der Waals surface area contributed by atoms with Crippen molar-refractivity contribution in [2.75, 3.05) is 0 Å². The minimum atomic E-state index is 0.617. The highest BCUT2D eigenvalue weighted by Crippen LogP contribution is 2.09. The Labute approximate surface area is 58.1 Å². The van der Waals surface area contributed by atoms with Crippen LogP contribution >= 0.6 is 11.6 Å². The zero-order valence-corrected chi connectivity index (χ0v) is 5.47. The summed E-state index contributed by atoms with van der Waals surface area (Å²) in [5.41, 5.74) is 8.88. The highest BCUT2D eigenvalue weighted by molar-refractivity contribution is 6.32. The topological polar surface area (TPSA) is 36.4 Å². The predicted molar refractivity (Wildman–Crippen MR) is 36.3 cm³/mol. The molecule has 3 heteroatoms. The van der Waals surface area contributed by atoms with Gasteiger partial charge in [-0.3, -0.25) is 0 Å². The van der Waals surface area contributed by atoms with E-state index in [0.717, 1.165) is 0 Å². The van der Waals surface area contributed by atoms with Crippen molar-refractivity contribution >= 4 is 17.3 Å². The smallest absolute Gasteiger partial charge is 0.295 e. The van der Waals surface area contributed by atoms with Crippen LogP contribution in [0.2, 0.25) is 0 Å². The van der Waals surface area contributed by atoms with Gasteiger partial charge in [0.05, 0.1) is 6.42 Å². The highest BCUT2D eigenvalue weighted by Gasteiger charge is 2.04. The molecule has 0 saturated carbocycles. The summed E-state index contributed by atoms with van der Waals surface area (Å²) in [5.74, 6) is 0. The number of allylic oxidation sites excluding steroid dienone is 4. The molecule has 1 aliphatic carbocycles. The van der Waals surface area contributed by atoms with E-state index < -0.39 is 0 Å². The summed E-state index contributed by atoms with van der Waals surface area (Å²) >= 11 is 5.58. The van der Waals surface area contributed by atoms with E-state index in [4.69, 9.17) is 17.1 Å². The van der Waals surface area contributed by atoms with Crippen molar-refractivity contribution in [3.63, 3.8) is 0 Å². The molecule has 46 valence electrons. The van der Waals surface area contributed by atoms with Gasteiger partial charge in [0.15, 0.2) is 0 Å². The summed E-state index contributed by atoms with van der Waals surface area (Å²) < 4.78 is 0. The van der Waals surface area contributed by atoms with Crippen LogP contribution in [0.25, 0.3) is 5.53 Å². The van der Waals surface area contributed by atoms with E-state index in [9.17, 15) is 0 Å². The van der Waals surface area contributed by atoms with Gasteiger partial charge in [-0.15, -0.1) is 0 Å². The Morgan fingerprint density at radius 3 is 2.78 bits per heavy atom. The first-order chi connectivity index (χ1) is 4.33. The lowest BCUT2D eigenvalue weighted by atomic mass is 10.2. The molecule has 1 rings (SSSR count). The van der Waals surface area contributed by atoms with Gasteiger partial charge in [0.2, 0.25) is 0 Å². The minimum Gasteiger partial charge on any atom is -0.361 e. The van der Waals surface area contributed by atoms with Crippen LogP contribution in [0.3, 0.4) is 0 Å². The van der Waals surface area contributed by atoms with Gasteiger partial charge in [-0.05, 0) is 6.08 Å². The third-order valence-electron chi connectivity index (χ3n) is 1.07. The van der Waals surface area contributed by atoms with Crippen LogP contribution in [0.15, 0.2) is 23.3 Å². The largest absolute Gasteiger partial charge is 0.361 e. The molecule has 0 N–H and O–H groups in total. The lowest BCUT2D eigenvalue weighted by molar-refractivity contribution is -0.00538. The molecule has 0 radical (unpaired) electrons. The van der Waals surface area contributed by atoms with E-state index >= 15 is 0 Å². The molecule has 0 saturated heterocycles. The summed E-state index contributed by atoms with van der Waals surface area (Å²) in [6, 6.07) is 0. The van der Waals surface area contributed by atoms with Crippen molar-refractivity contribution in [2.24, 2.45) is 0 Å². The van der Waals surface area contributed by atoms with Crippen LogP contribution < -0.4 is 0 Å². The third-order valence-corrected chi connectivity index (χ3v) is 1.35. The molecule has 0 aromatic heterocycles. The Morgan fingerprint density at radius 2 is 2.33 bits per heavy atom. The average molecular weight is 141 g/mol. The van der Waals surface area contributed by atoms with Crippen molar-refractivity contribution in [2.45, 2.75) is 6.42 Å². The quantitative estimate of drug-likeness (QED) is 0.363. The molecule has 0 aliphatic heterocycles. The standard InChI is InChI=1S/C6H5ClN2/c7-5-1-3-6(9-8)4-2-5/h1-3H,4H2. The Balaban J connectivity index is 2.81. The maximum Gasteiger partial charge on any atom is 0.295 e. The Kier molecular flexibility index (Phi) is 1.83. The average Bonchev–Trinajstić information content (AvgIpc) is 1.90. The monoisotopic (exact) mass is 140 g/mol. The first kappa shape index (κ1) is 6.27. The van der Waals surface area contributed by atoms with E-state index in [1.165, 1.54) is 0 Å². The molecule has 0 spiro atoms. The SMILES string of the molecule is [N-]=[N+]=C1C=CC(Cl)=CC1. The summed E-state index contributed by atoms with van der Waals surface area (Å²) in [4.78, 5) is 3.01. The molecule has 0 heterocycles. The Morgan fingerprint density at radius 1 is 1.56 bits per heavy atom. The van der Waals surface area contributed by atoms with Gasteiger partial charge >= 0.3 is 0 Å².